The fourth-order valence-corrected chi connectivity index (χ4v) is 3.13. The smallest absolute Gasteiger partial charge is 0.284 e. The Morgan fingerprint density at radius 3 is 2.86 bits per heavy atom. The lowest BCUT2D eigenvalue weighted by molar-refractivity contribution is -0.613. The van der Waals surface area contributed by atoms with E-state index in [1.54, 1.807) is 6.92 Å². The zero-order valence-corrected chi connectivity index (χ0v) is 12.5. The number of hydrogen-bond donors (Lipinski definition) is 1. The average molecular weight is 316 g/mol. The lowest BCUT2D eigenvalue weighted by Crippen LogP contribution is -2.32. The van der Waals surface area contributed by atoms with Gasteiger partial charge in [-0.3, -0.25) is 10.1 Å². The molecule has 3 rings (SSSR count). The number of benzene rings is 1. The molecular formula is C14H12N4O3S. The van der Waals surface area contributed by atoms with E-state index in [9.17, 15) is 15.3 Å². The number of nitrogens with zero attached hydrogens (tertiary/aromatic N) is 3. The predicted octanol–water partition coefficient (Wildman–Crippen LogP) is 2.71. The molecule has 0 unspecified atom stereocenters. The summed E-state index contributed by atoms with van der Waals surface area (Å²) in [5.74, 6) is 0.302. The first-order valence-electron chi connectivity index (χ1n) is 6.50. The second kappa shape index (κ2) is 5.64. The molecule has 8 heteroatoms. The maximum Gasteiger partial charge on any atom is 0.284 e. The van der Waals surface area contributed by atoms with Gasteiger partial charge in [-0.2, -0.15) is 4.73 Å². The molecule has 0 radical (unpaired) electrons. The lowest BCUT2D eigenvalue weighted by Gasteiger charge is -2.06. The highest BCUT2D eigenvalue weighted by Crippen LogP contribution is 2.26. The van der Waals surface area contributed by atoms with Gasteiger partial charge in [0, 0.05) is 0 Å². The van der Waals surface area contributed by atoms with E-state index in [2.05, 4.69) is 9.97 Å². The van der Waals surface area contributed by atoms with Crippen molar-refractivity contribution in [1.29, 1.82) is 0 Å². The van der Waals surface area contributed by atoms with Crippen LogP contribution in [0.4, 0.5) is 5.69 Å². The monoisotopic (exact) mass is 316 g/mol. The molecule has 0 saturated heterocycles. The summed E-state index contributed by atoms with van der Waals surface area (Å²) in [7, 11) is 0. The van der Waals surface area contributed by atoms with Gasteiger partial charge in [-0.25, -0.2) is 4.98 Å². The van der Waals surface area contributed by atoms with Crippen LogP contribution in [0.2, 0.25) is 0 Å². The van der Waals surface area contributed by atoms with E-state index >= 15 is 0 Å². The van der Waals surface area contributed by atoms with Gasteiger partial charge in [-0.05, 0) is 19.1 Å². The topological polar surface area (TPSA) is 98.8 Å². The minimum Gasteiger partial charge on any atom is -0.618 e. The molecule has 112 valence electrons. The van der Waals surface area contributed by atoms with Crippen molar-refractivity contribution in [2.75, 3.05) is 0 Å². The molecule has 0 fully saturated rings. The first kappa shape index (κ1) is 14.3. The Hall–Kier alpha value is -2.61. The molecule has 0 atom stereocenters. The molecule has 2 heterocycles. The molecule has 0 aliphatic carbocycles. The second-order valence-electron chi connectivity index (χ2n) is 4.70. The molecule has 0 bridgehead atoms. The van der Waals surface area contributed by atoms with Crippen molar-refractivity contribution in [3.63, 3.8) is 0 Å². The molecule has 1 N–H and O–H groups in total. The quantitative estimate of drug-likeness (QED) is 0.262. The average Bonchev–Trinajstić information content (AvgIpc) is 2.89. The molecule has 3 aromatic rings. The Balaban J connectivity index is 1.87. The van der Waals surface area contributed by atoms with Gasteiger partial charge in [0.05, 0.1) is 33.3 Å². The number of nitro groups is 1. The fourth-order valence-electron chi connectivity index (χ4n) is 2.17. The van der Waals surface area contributed by atoms with Gasteiger partial charge < -0.3 is 10.2 Å². The SMILES string of the molecule is Cc1c([N+](=O)[O-])cc[n+]([O-])c1CSc1nc2ccccc2[nH]1. The number of imidazole rings is 1. The third-order valence-corrected chi connectivity index (χ3v) is 4.25. The maximum absolute atomic E-state index is 11.9. The Labute approximate surface area is 129 Å². The van der Waals surface area contributed by atoms with Crippen molar-refractivity contribution >= 4 is 28.5 Å². The van der Waals surface area contributed by atoms with Gasteiger partial charge in [0.15, 0.2) is 11.4 Å². The van der Waals surface area contributed by atoms with Crippen LogP contribution in [0, 0.1) is 22.2 Å². The summed E-state index contributed by atoms with van der Waals surface area (Å²) in [6.45, 7) is 1.58. The van der Waals surface area contributed by atoms with Crippen molar-refractivity contribution in [2.24, 2.45) is 0 Å². The van der Waals surface area contributed by atoms with E-state index in [1.807, 2.05) is 24.3 Å². The Bertz CT molecular complexity index is 829. The third-order valence-electron chi connectivity index (χ3n) is 3.36. The van der Waals surface area contributed by atoms with Crippen LogP contribution in [0.5, 0.6) is 0 Å². The number of aromatic amines is 1. The van der Waals surface area contributed by atoms with E-state index in [-0.39, 0.29) is 5.69 Å². The Morgan fingerprint density at radius 1 is 1.36 bits per heavy atom. The van der Waals surface area contributed by atoms with Crippen molar-refractivity contribution in [2.45, 2.75) is 17.8 Å². The molecule has 0 saturated carbocycles. The number of fused-ring (bicyclic) bond motifs is 1. The first-order chi connectivity index (χ1) is 10.6. The summed E-state index contributed by atoms with van der Waals surface area (Å²) < 4.78 is 0.665. The number of thioether (sulfide) groups is 1. The summed E-state index contributed by atoms with van der Waals surface area (Å²) in [5, 5.41) is 23.5. The fraction of sp³-hybridized carbons (Fsp3) is 0.143. The number of pyridine rings is 1. The highest BCUT2D eigenvalue weighted by atomic mass is 32.2. The van der Waals surface area contributed by atoms with E-state index in [0.717, 1.165) is 11.0 Å². The van der Waals surface area contributed by atoms with E-state index in [1.165, 1.54) is 24.0 Å². The molecule has 7 nitrogen and oxygen atoms in total. The van der Waals surface area contributed by atoms with Crippen LogP contribution >= 0.6 is 11.8 Å². The van der Waals surface area contributed by atoms with Gasteiger partial charge in [0.25, 0.3) is 5.69 Å². The maximum atomic E-state index is 11.9. The largest absolute Gasteiger partial charge is 0.618 e. The van der Waals surface area contributed by atoms with Crippen LogP contribution in [0.25, 0.3) is 11.0 Å². The molecular weight excluding hydrogens is 304 g/mol. The standard InChI is InChI=1S/C14H12N4O3S/c1-9-12(18(20)21)6-7-17(19)13(9)8-22-14-15-10-4-2-3-5-11(10)16-14/h2-7H,8H2,1H3,(H,15,16). The van der Waals surface area contributed by atoms with E-state index in [4.69, 9.17) is 0 Å². The van der Waals surface area contributed by atoms with Gasteiger partial charge in [0.1, 0.15) is 0 Å². The van der Waals surface area contributed by atoms with Gasteiger partial charge >= 0.3 is 0 Å². The summed E-state index contributed by atoms with van der Waals surface area (Å²) in [6.07, 6.45) is 1.17. The zero-order chi connectivity index (χ0) is 15.7. The van der Waals surface area contributed by atoms with Crippen LogP contribution < -0.4 is 4.73 Å². The number of rotatable bonds is 4. The lowest BCUT2D eigenvalue weighted by atomic mass is 10.2. The molecule has 0 amide bonds. The Kier molecular flexibility index (Phi) is 3.68. The van der Waals surface area contributed by atoms with E-state index in [0.29, 0.717) is 26.9 Å². The molecule has 1 aromatic carbocycles. The van der Waals surface area contributed by atoms with Crippen molar-refractivity contribution in [3.8, 4) is 0 Å². The molecule has 2 aromatic heterocycles. The molecule has 0 aliphatic rings. The summed E-state index contributed by atoms with van der Waals surface area (Å²) in [4.78, 5) is 18.0. The van der Waals surface area contributed by atoms with Crippen molar-refractivity contribution in [1.82, 2.24) is 9.97 Å². The Morgan fingerprint density at radius 2 is 2.14 bits per heavy atom. The van der Waals surface area contributed by atoms with Gasteiger partial charge in [-0.15, -0.1) is 0 Å². The highest BCUT2D eigenvalue weighted by Gasteiger charge is 2.21. The normalized spacial score (nSPS) is 11.0. The first-order valence-corrected chi connectivity index (χ1v) is 7.48. The summed E-state index contributed by atoms with van der Waals surface area (Å²) in [5.41, 5.74) is 2.45. The minimum atomic E-state index is -0.481. The van der Waals surface area contributed by atoms with Gasteiger partial charge in [0.2, 0.25) is 5.69 Å². The summed E-state index contributed by atoms with van der Waals surface area (Å²) >= 11 is 1.34. The molecule has 0 aliphatic heterocycles. The zero-order valence-electron chi connectivity index (χ0n) is 11.6. The third kappa shape index (κ3) is 2.60. The van der Waals surface area contributed by atoms with Crippen LogP contribution in [0.15, 0.2) is 41.7 Å². The predicted molar refractivity (Wildman–Crippen MR) is 82.4 cm³/mol. The molecule has 0 spiro atoms. The number of H-pyrrole nitrogens is 1. The van der Waals surface area contributed by atoms with Crippen molar-refractivity contribution < 1.29 is 9.65 Å². The van der Waals surface area contributed by atoms with Gasteiger partial charge in [-0.1, -0.05) is 23.9 Å². The number of aromatic nitrogens is 3. The van der Waals surface area contributed by atoms with Crippen LogP contribution in [0.1, 0.15) is 11.3 Å². The van der Waals surface area contributed by atoms with Crippen LogP contribution in [0.3, 0.4) is 0 Å². The number of hydrogen-bond acceptors (Lipinski definition) is 5. The van der Waals surface area contributed by atoms with E-state index < -0.39 is 4.92 Å². The second-order valence-corrected chi connectivity index (χ2v) is 5.67. The number of nitrogens with one attached hydrogen (secondary N) is 1. The highest BCUT2D eigenvalue weighted by molar-refractivity contribution is 7.98. The van der Waals surface area contributed by atoms with Crippen LogP contribution in [-0.2, 0) is 5.75 Å². The molecule has 22 heavy (non-hydrogen) atoms. The van der Waals surface area contributed by atoms with Crippen molar-refractivity contribution in [3.05, 3.63) is 63.1 Å². The number of para-hydroxylation sites is 2. The van der Waals surface area contributed by atoms with Crippen LogP contribution in [-0.4, -0.2) is 14.9 Å². The minimum absolute atomic E-state index is 0.0488. The summed E-state index contributed by atoms with van der Waals surface area (Å²) in [6, 6.07) is 8.83.